The molecular formula is C7H9N7S. The molecule has 0 amide bonds. The monoisotopic (exact) mass is 223 g/mol. The average Bonchev–Trinajstić information content (AvgIpc) is 2.66. The van der Waals surface area contributed by atoms with E-state index < -0.39 is 0 Å². The summed E-state index contributed by atoms with van der Waals surface area (Å²) in [5.74, 6) is 0. The summed E-state index contributed by atoms with van der Waals surface area (Å²) in [7, 11) is 1.77. The van der Waals surface area contributed by atoms with Crippen LogP contribution in [-0.2, 0) is 13.6 Å². The molecule has 78 valence electrons. The Balaban J connectivity index is 2.14. The molecular weight excluding hydrogens is 214 g/mol. The molecule has 0 saturated heterocycles. The maximum absolute atomic E-state index is 5.41. The molecule has 2 heterocycles. The summed E-state index contributed by atoms with van der Waals surface area (Å²) >= 11 is 1.35. The van der Waals surface area contributed by atoms with Gasteiger partial charge in [-0.05, 0) is 22.2 Å². The second-order valence-corrected chi connectivity index (χ2v) is 3.72. The molecule has 0 bridgehead atoms. The van der Waals surface area contributed by atoms with Gasteiger partial charge in [-0.1, -0.05) is 0 Å². The molecule has 0 atom stereocenters. The molecule has 0 spiro atoms. The lowest BCUT2D eigenvalue weighted by Crippen LogP contribution is -2.00. The Morgan fingerprint density at radius 2 is 2.27 bits per heavy atom. The van der Waals surface area contributed by atoms with Crippen molar-refractivity contribution >= 4 is 11.8 Å². The van der Waals surface area contributed by atoms with Gasteiger partial charge in [0, 0.05) is 13.6 Å². The predicted octanol–water partition coefficient (Wildman–Crippen LogP) is -0.390. The largest absolute Gasteiger partial charge is 0.325 e. The van der Waals surface area contributed by atoms with Gasteiger partial charge in [0.1, 0.15) is 5.03 Å². The van der Waals surface area contributed by atoms with Gasteiger partial charge >= 0.3 is 0 Å². The van der Waals surface area contributed by atoms with Crippen molar-refractivity contribution < 1.29 is 0 Å². The van der Waals surface area contributed by atoms with Gasteiger partial charge in [0.05, 0.1) is 18.1 Å². The van der Waals surface area contributed by atoms with E-state index >= 15 is 0 Å². The van der Waals surface area contributed by atoms with Gasteiger partial charge in [-0.2, -0.15) is 0 Å². The van der Waals surface area contributed by atoms with Gasteiger partial charge < -0.3 is 5.73 Å². The summed E-state index contributed by atoms with van der Waals surface area (Å²) in [6.45, 7) is 0.392. The van der Waals surface area contributed by atoms with E-state index in [0.29, 0.717) is 11.7 Å². The highest BCUT2D eigenvalue weighted by Gasteiger charge is 2.05. The Kier molecular flexibility index (Phi) is 2.88. The molecule has 0 fully saturated rings. The lowest BCUT2D eigenvalue weighted by Gasteiger charge is -1.98. The fourth-order valence-corrected chi connectivity index (χ4v) is 1.55. The number of nitrogens with zero attached hydrogens (tertiary/aromatic N) is 6. The Morgan fingerprint density at radius 3 is 2.80 bits per heavy atom. The Hall–Kier alpha value is -1.54. The summed E-state index contributed by atoms with van der Waals surface area (Å²) in [6, 6.07) is 0. The van der Waals surface area contributed by atoms with E-state index in [-0.39, 0.29) is 0 Å². The molecule has 15 heavy (non-hydrogen) atoms. The Morgan fingerprint density at radius 1 is 1.40 bits per heavy atom. The second kappa shape index (κ2) is 4.32. The average molecular weight is 223 g/mol. The van der Waals surface area contributed by atoms with E-state index in [1.807, 2.05) is 0 Å². The summed E-state index contributed by atoms with van der Waals surface area (Å²) in [6.07, 6.45) is 3.30. The number of rotatable bonds is 3. The van der Waals surface area contributed by atoms with Gasteiger partial charge in [-0.25, -0.2) is 9.67 Å². The molecule has 2 N–H and O–H groups in total. The van der Waals surface area contributed by atoms with Crippen LogP contribution in [0.5, 0.6) is 0 Å². The number of aryl methyl sites for hydroxylation is 1. The van der Waals surface area contributed by atoms with Gasteiger partial charge in [0.2, 0.25) is 5.16 Å². The molecule has 2 aromatic rings. The van der Waals surface area contributed by atoms with Crippen molar-refractivity contribution in [1.29, 1.82) is 0 Å². The lowest BCUT2D eigenvalue weighted by atomic mass is 10.5. The minimum absolute atomic E-state index is 0.392. The maximum Gasteiger partial charge on any atom is 0.215 e. The molecule has 0 unspecified atom stereocenters. The zero-order valence-electron chi connectivity index (χ0n) is 8.03. The predicted molar refractivity (Wildman–Crippen MR) is 52.8 cm³/mol. The van der Waals surface area contributed by atoms with E-state index in [1.165, 1.54) is 11.8 Å². The molecule has 2 aromatic heterocycles. The molecule has 0 aliphatic carbocycles. The van der Waals surface area contributed by atoms with Crippen molar-refractivity contribution in [3.63, 3.8) is 0 Å². The number of hydrogen-bond acceptors (Lipinski definition) is 7. The summed E-state index contributed by atoms with van der Waals surface area (Å²) in [5, 5.41) is 12.5. The highest BCUT2D eigenvalue weighted by atomic mass is 32.2. The fraction of sp³-hybridized carbons (Fsp3) is 0.286. The topological polar surface area (TPSA) is 95.4 Å². The van der Waals surface area contributed by atoms with Crippen molar-refractivity contribution in [2.45, 2.75) is 16.7 Å². The number of nitrogens with two attached hydrogens (primary N) is 1. The highest BCUT2D eigenvalue weighted by molar-refractivity contribution is 7.99. The SMILES string of the molecule is Cn1nnnc1Sc1cnc(CN)cn1. The first-order chi connectivity index (χ1) is 7.29. The van der Waals surface area contributed by atoms with Crippen LogP contribution in [-0.4, -0.2) is 30.2 Å². The van der Waals surface area contributed by atoms with Crippen LogP contribution < -0.4 is 5.73 Å². The van der Waals surface area contributed by atoms with Gasteiger partial charge in [-0.15, -0.1) is 5.10 Å². The summed E-state index contributed by atoms with van der Waals surface area (Å²) in [4.78, 5) is 8.30. The standard InChI is InChI=1S/C7H9N7S/c1-14-7(11-12-13-14)15-6-4-9-5(2-8)3-10-6/h3-4H,2,8H2,1H3. The van der Waals surface area contributed by atoms with Crippen LogP contribution in [0, 0.1) is 0 Å². The van der Waals surface area contributed by atoms with Crippen LogP contribution in [0.1, 0.15) is 5.69 Å². The van der Waals surface area contributed by atoms with Crippen LogP contribution >= 0.6 is 11.8 Å². The molecule has 2 rings (SSSR count). The van der Waals surface area contributed by atoms with Crippen molar-refractivity contribution in [3.05, 3.63) is 18.1 Å². The number of hydrogen-bond donors (Lipinski definition) is 1. The van der Waals surface area contributed by atoms with Crippen molar-refractivity contribution in [1.82, 2.24) is 30.2 Å². The third-order valence-corrected chi connectivity index (χ3v) is 2.62. The Labute approximate surface area is 90.1 Å². The lowest BCUT2D eigenvalue weighted by molar-refractivity contribution is 0.664. The fourth-order valence-electron chi connectivity index (χ4n) is 0.902. The third kappa shape index (κ3) is 2.28. The smallest absolute Gasteiger partial charge is 0.215 e. The van der Waals surface area contributed by atoms with Gasteiger partial charge in [0.15, 0.2) is 0 Å². The van der Waals surface area contributed by atoms with Gasteiger partial charge in [-0.3, -0.25) is 4.98 Å². The first-order valence-electron chi connectivity index (χ1n) is 4.21. The zero-order chi connectivity index (χ0) is 10.7. The first kappa shape index (κ1) is 9.99. The zero-order valence-corrected chi connectivity index (χ0v) is 8.85. The molecule has 0 aliphatic heterocycles. The minimum Gasteiger partial charge on any atom is -0.325 e. The van der Waals surface area contributed by atoms with Crippen LogP contribution in [0.15, 0.2) is 22.6 Å². The van der Waals surface area contributed by atoms with Gasteiger partial charge in [0.25, 0.3) is 0 Å². The van der Waals surface area contributed by atoms with Crippen LogP contribution in [0.4, 0.5) is 0 Å². The van der Waals surface area contributed by atoms with E-state index in [2.05, 4.69) is 25.5 Å². The normalized spacial score (nSPS) is 10.5. The Bertz CT molecular complexity index is 437. The maximum atomic E-state index is 5.41. The van der Waals surface area contributed by atoms with Crippen LogP contribution in [0.2, 0.25) is 0 Å². The van der Waals surface area contributed by atoms with Crippen LogP contribution in [0.25, 0.3) is 0 Å². The summed E-state index contributed by atoms with van der Waals surface area (Å²) in [5.41, 5.74) is 6.17. The van der Waals surface area contributed by atoms with Crippen molar-refractivity contribution in [3.8, 4) is 0 Å². The molecule has 0 aromatic carbocycles. The van der Waals surface area contributed by atoms with Crippen molar-refractivity contribution in [2.75, 3.05) is 0 Å². The quantitative estimate of drug-likeness (QED) is 0.757. The minimum atomic E-state index is 0.392. The molecule has 0 saturated carbocycles. The highest BCUT2D eigenvalue weighted by Crippen LogP contribution is 2.21. The molecule has 0 aliphatic rings. The van der Waals surface area contributed by atoms with E-state index in [1.54, 1.807) is 24.1 Å². The number of tetrazole rings is 1. The number of aromatic nitrogens is 6. The van der Waals surface area contributed by atoms with Crippen molar-refractivity contribution in [2.24, 2.45) is 12.8 Å². The molecule has 8 heteroatoms. The first-order valence-corrected chi connectivity index (χ1v) is 5.02. The van der Waals surface area contributed by atoms with E-state index in [0.717, 1.165) is 10.7 Å². The summed E-state index contributed by atoms with van der Waals surface area (Å²) < 4.78 is 1.57. The molecule has 7 nitrogen and oxygen atoms in total. The van der Waals surface area contributed by atoms with E-state index in [4.69, 9.17) is 5.73 Å². The van der Waals surface area contributed by atoms with E-state index in [9.17, 15) is 0 Å². The second-order valence-electron chi connectivity index (χ2n) is 2.74. The molecule has 0 radical (unpaired) electrons. The third-order valence-electron chi connectivity index (χ3n) is 1.67. The van der Waals surface area contributed by atoms with Crippen LogP contribution in [0.3, 0.4) is 0 Å².